The van der Waals surface area contributed by atoms with Gasteiger partial charge in [-0.1, -0.05) is 55.4 Å². The van der Waals surface area contributed by atoms with E-state index in [0.717, 1.165) is 0 Å². The lowest BCUT2D eigenvalue weighted by Gasteiger charge is -2.08. The van der Waals surface area contributed by atoms with Crippen LogP contribution in [0, 0.1) is 0 Å². The second kappa shape index (κ2) is 15.6. The average molecular weight is 561 g/mol. The fourth-order valence-electron chi connectivity index (χ4n) is 3.14. The van der Waals surface area contributed by atoms with Crippen molar-refractivity contribution in [3.8, 4) is 0 Å². The van der Waals surface area contributed by atoms with E-state index < -0.39 is 0 Å². The van der Waals surface area contributed by atoms with Gasteiger partial charge in [-0.05, 0) is 45.8 Å². The van der Waals surface area contributed by atoms with Gasteiger partial charge in [-0.3, -0.25) is 19.2 Å². The Balaban J connectivity index is 0.000000283. The molecule has 2 aliphatic rings. The van der Waals surface area contributed by atoms with Gasteiger partial charge in [0, 0.05) is 22.3 Å². The fraction of sp³-hybridized carbons (Fsp3) is 0.286. The van der Waals surface area contributed by atoms with Crippen LogP contribution in [0.3, 0.4) is 0 Å². The van der Waals surface area contributed by atoms with Crippen molar-refractivity contribution in [1.82, 2.24) is 0 Å². The van der Waals surface area contributed by atoms with Crippen LogP contribution in [0.25, 0.3) is 0 Å². The van der Waals surface area contributed by atoms with Gasteiger partial charge in [-0.15, -0.1) is 45.3 Å². The van der Waals surface area contributed by atoms with Gasteiger partial charge in [0.25, 0.3) is 0 Å². The highest BCUT2D eigenvalue weighted by Gasteiger charge is 2.32. The van der Waals surface area contributed by atoms with Crippen LogP contribution >= 0.6 is 45.3 Å². The van der Waals surface area contributed by atoms with Crippen LogP contribution in [0.2, 0.25) is 0 Å². The van der Waals surface area contributed by atoms with Crippen LogP contribution in [0.1, 0.15) is 116 Å². The van der Waals surface area contributed by atoms with E-state index in [9.17, 15) is 19.2 Å². The molecule has 0 fully saturated rings. The van der Waals surface area contributed by atoms with Crippen molar-refractivity contribution in [2.24, 2.45) is 0 Å². The number of thiophene rings is 4. The van der Waals surface area contributed by atoms with Crippen molar-refractivity contribution < 1.29 is 19.2 Å². The van der Waals surface area contributed by atoms with Crippen LogP contribution < -0.4 is 0 Å². The molecule has 2 aliphatic carbocycles. The summed E-state index contributed by atoms with van der Waals surface area (Å²) >= 11 is 5.35. The molecule has 0 bridgehead atoms. The Hall–Kier alpha value is -2.52. The molecule has 0 atom stereocenters. The number of rotatable bonds is 0. The Kier molecular flexibility index (Phi) is 13.6. The molecule has 0 N–H and O–H groups in total. The normalized spacial score (nSPS) is 11.6. The number of ketones is 4. The van der Waals surface area contributed by atoms with Gasteiger partial charge < -0.3 is 0 Å². The van der Waals surface area contributed by atoms with Gasteiger partial charge >= 0.3 is 0 Å². The number of hydrogen-bond acceptors (Lipinski definition) is 8. The van der Waals surface area contributed by atoms with Crippen molar-refractivity contribution >= 4 is 68.5 Å². The molecule has 0 amide bonds. The lowest BCUT2D eigenvalue weighted by molar-refractivity contribution is 0.0986. The number of hydrogen-bond donors (Lipinski definition) is 0. The zero-order chi connectivity index (χ0) is 27.4. The summed E-state index contributed by atoms with van der Waals surface area (Å²) in [6.45, 7) is 16.0. The van der Waals surface area contributed by atoms with E-state index in [0.29, 0.717) is 41.8 Å². The molecule has 0 aromatic carbocycles. The van der Waals surface area contributed by atoms with Crippen LogP contribution in [0.5, 0.6) is 0 Å². The zero-order valence-electron chi connectivity index (χ0n) is 21.9. The van der Waals surface area contributed by atoms with Crippen molar-refractivity contribution in [2.45, 2.75) is 55.4 Å². The van der Waals surface area contributed by atoms with E-state index >= 15 is 0 Å². The molecule has 192 valence electrons. The maximum absolute atomic E-state index is 11.8. The molecule has 4 heterocycles. The molecule has 0 saturated carbocycles. The predicted octanol–water partition coefficient (Wildman–Crippen LogP) is 9.27. The highest BCUT2D eigenvalue weighted by Crippen LogP contribution is 2.34. The van der Waals surface area contributed by atoms with Gasteiger partial charge in [0.15, 0.2) is 0 Å². The topological polar surface area (TPSA) is 68.3 Å². The second-order valence-corrected chi connectivity index (χ2v) is 9.63. The minimum Gasteiger partial charge on any atom is -0.288 e. The Bertz CT molecular complexity index is 1020. The molecule has 8 heteroatoms. The van der Waals surface area contributed by atoms with Crippen molar-refractivity contribution in [3.63, 3.8) is 0 Å². The molecule has 4 aromatic heterocycles. The minimum absolute atomic E-state index is 0.00847. The van der Waals surface area contributed by atoms with E-state index in [1.54, 1.807) is 45.8 Å². The van der Waals surface area contributed by atoms with Crippen LogP contribution in [0.4, 0.5) is 0 Å². The van der Waals surface area contributed by atoms with Gasteiger partial charge in [0.2, 0.25) is 23.1 Å². The van der Waals surface area contributed by atoms with E-state index in [2.05, 4.69) is 0 Å². The van der Waals surface area contributed by atoms with E-state index in [-0.39, 0.29) is 23.1 Å². The molecule has 4 nitrogen and oxygen atoms in total. The zero-order valence-corrected chi connectivity index (χ0v) is 25.2. The van der Waals surface area contributed by atoms with E-state index in [4.69, 9.17) is 0 Å². The first-order chi connectivity index (χ1) is 17.6. The lowest BCUT2D eigenvalue weighted by Crippen LogP contribution is -2.15. The number of fused-ring (bicyclic) bond motifs is 4. The van der Waals surface area contributed by atoms with Crippen molar-refractivity contribution in [3.05, 3.63) is 87.5 Å². The number of carbonyl (C=O) groups is 4. The minimum atomic E-state index is -0.00847. The first-order valence-corrected chi connectivity index (χ1v) is 15.6. The summed E-state index contributed by atoms with van der Waals surface area (Å²) in [5.74, 6) is -0.0339. The van der Waals surface area contributed by atoms with Crippen LogP contribution in [-0.4, -0.2) is 23.1 Å². The summed E-state index contributed by atoms with van der Waals surface area (Å²) in [4.78, 5) is 49.7. The number of carbonyl (C=O) groups excluding carboxylic acids is 4. The highest BCUT2D eigenvalue weighted by molar-refractivity contribution is 7.16. The SMILES string of the molecule is CC.CC.CC.CC.O=C1c2ccsc2C(=O)c2ccsc21.O=C1c2ccsc2C(=O)c2ccsc21. The van der Waals surface area contributed by atoms with Crippen LogP contribution in [-0.2, 0) is 0 Å². The maximum Gasteiger partial charge on any atom is 0.205 e. The standard InChI is InChI=1S/2C10H4O2S2.4C2H6/c2*11-7-5-1-3-13-9(5)8(12)6-2-4-14-10(6)7;4*1-2/h2*1-4H;4*1-2H3. The largest absolute Gasteiger partial charge is 0.288 e. The molecular formula is C28H32O4S4. The van der Waals surface area contributed by atoms with Crippen molar-refractivity contribution in [2.75, 3.05) is 0 Å². The molecular weight excluding hydrogens is 529 g/mol. The molecule has 0 aliphatic heterocycles. The summed E-state index contributed by atoms with van der Waals surface area (Å²) in [5, 5.41) is 7.15. The molecule has 0 radical (unpaired) electrons. The van der Waals surface area contributed by atoms with Crippen LogP contribution in [0.15, 0.2) is 45.8 Å². The fourth-order valence-corrected chi connectivity index (χ4v) is 6.52. The average Bonchev–Trinajstić information content (AvgIpc) is 3.76. The molecule has 0 spiro atoms. The Morgan fingerprint density at radius 2 is 0.528 bits per heavy atom. The smallest absolute Gasteiger partial charge is 0.205 e. The third kappa shape index (κ3) is 6.06. The second-order valence-electron chi connectivity index (χ2n) is 5.97. The monoisotopic (exact) mass is 560 g/mol. The lowest BCUT2D eigenvalue weighted by atomic mass is 9.96. The molecule has 4 aromatic rings. The summed E-state index contributed by atoms with van der Waals surface area (Å²) in [7, 11) is 0. The van der Waals surface area contributed by atoms with Gasteiger partial charge in [-0.2, -0.15) is 0 Å². The molecule has 0 saturated heterocycles. The Morgan fingerprint density at radius 3 is 0.694 bits per heavy atom. The Morgan fingerprint density at radius 1 is 0.361 bits per heavy atom. The maximum atomic E-state index is 11.8. The molecule has 6 rings (SSSR count). The van der Waals surface area contributed by atoms with E-state index in [1.165, 1.54) is 45.3 Å². The summed E-state index contributed by atoms with van der Waals surface area (Å²) in [6.07, 6.45) is 0. The van der Waals surface area contributed by atoms with E-state index in [1.807, 2.05) is 55.4 Å². The predicted molar refractivity (Wildman–Crippen MR) is 156 cm³/mol. The van der Waals surface area contributed by atoms with Gasteiger partial charge in [-0.25, -0.2) is 0 Å². The third-order valence-electron chi connectivity index (χ3n) is 4.46. The first-order valence-electron chi connectivity index (χ1n) is 12.1. The van der Waals surface area contributed by atoms with Gasteiger partial charge in [0.05, 0.1) is 19.5 Å². The first kappa shape index (κ1) is 31.5. The van der Waals surface area contributed by atoms with Gasteiger partial charge in [0.1, 0.15) is 0 Å². The Labute approximate surface area is 229 Å². The highest BCUT2D eigenvalue weighted by atomic mass is 32.1. The quantitative estimate of drug-likeness (QED) is 0.186. The van der Waals surface area contributed by atoms with Crippen molar-refractivity contribution in [1.29, 1.82) is 0 Å². The molecule has 36 heavy (non-hydrogen) atoms. The third-order valence-corrected chi connectivity index (χ3v) is 8.12. The summed E-state index contributed by atoms with van der Waals surface area (Å²) in [5.41, 5.74) is 2.26. The summed E-state index contributed by atoms with van der Waals surface area (Å²) in [6, 6.07) is 6.90. The summed E-state index contributed by atoms with van der Waals surface area (Å²) < 4.78 is 0. The molecule has 0 unspecified atom stereocenters.